The first kappa shape index (κ1) is 22.0. The van der Waals surface area contributed by atoms with E-state index in [2.05, 4.69) is 10.4 Å². The van der Waals surface area contributed by atoms with E-state index in [4.69, 9.17) is 11.6 Å². The van der Waals surface area contributed by atoms with Gasteiger partial charge in [0.2, 0.25) is 11.8 Å². The molecule has 166 valence electrons. The first-order valence-electron chi connectivity index (χ1n) is 10.5. The Balaban J connectivity index is 1.45. The molecular weight excluding hydrogens is 431 g/mol. The van der Waals surface area contributed by atoms with E-state index in [1.54, 1.807) is 11.0 Å². The summed E-state index contributed by atoms with van der Waals surface area (Å²) in [7, 11) is 0. The minimum absolute atomic E-state index is 0.152. The number of hydrogen-bond acceptors (Lipinski definition) is 3. The minimum Gasteiger partial charge on any atom is -0.352 e. The van der Waals surface area contributed by atoms with E-state index < -0.39 is 5.82 Å². The molecule has 0 saturated carbocycles. The molecule has 32 heavy (non-hydrogen) atoms. The highest BCUT2D eigenvalue weighted by molar-refractivity contribution is 6.31. The summed E-state index contributed by atoms with van der Waals surface area (Å²) in [4.78, 5) is 26.3. The number of benzene rings is 2. The predicted octanol–water partition coefficient (Wildman–Crippen LogP) is 4.27. The molecule has 1 aliphatic rings. The second-order valence-corrected chi connectivity index (χ2v) is 8.32. The standard InChI is InChI=1S/C24H24ClFN4O2/c1-15-21(13-23(31)27-14-17-5-6-18(26)12-22(17)25)16(2)30(28-15)20-9-7-19(8-10-20)29-11-3-4-24(29)32/h5-10,12H,3-4,11,13-14H2,1-2H3,(H,27,31). The third-order valence-corrected chi connectivity index (χ3v) is 6.10. The number of rotatable bonds is 6. The van der Waals surface area contributed by atoms with Gasteiger partial charge in [0.25, 0.3) is 0 Å². The van der Waals surface area contributed by atoms with Crippen LogP contribution in [0, 0.1) is 19.7 Å². The van der Waals surface area contributed by atoms with E-state index >= 15 is 0 Å². The molecule has 0 unspecified atom stereocenters. The van der Waals surface area contributed by atoms with Gasteiger partial charge in [-0.15, -0.1) is 0 Å². The first-order chi connectivity index (χ1) is 15.3. The molecule has 4 rings (SSSR count). The van der Waals surface area contributed by atoms with Crippen LogP contribution in [-0.2, 0) is 22.6 Å². The lowest BCUT2D eigenvalue weighted by molar-refractivity contribution is -0.120. The van der Waals surface area contributed by atoms with Crippen molar-refractivity contribution in [2.24, 2.45) is 0 Å². The van der Waals surface area contributed by atoms with E-state index in [0.717, 1.165) is 41.3 Å². The zero-order valence-electron chi connectivity index (χ0n) is 18.0. The van der Waals surface area contributed by atoms with Crippen molar-refractivity contribution in [2.45, 2.75) is 39.7 Å². The van der Waals surface area contributed by atoms with Gasteiger partial charge >= 0.3 is 0 Å². The van der Waals surface area contributed by atoms with Gasteiger partial charge in [-0.05, 0) is 62.2 Å². The number of carbonyl (C=O) groups is 2. The molecule has 1 fully saturated rings. The number of anilines is 1. The van der Waals surface area contributed by atoms with Gasteiger partial charge in [-0.3, -0.25) is 9.59 Å². The zero-order chi connectivity index (χ0) is 22.8. The van der Waals surface area contributed by atoms with Crippen LogP contribution in [-0.4, -0.2) is 28.1 Å². The third kappa shape index (κ3) is 4.53. The number of amides is 2. The Kier molecular flexibility index (Phi) is 6.28. The summed E-state index contributed by atoms with van der Waals surface area (Å²) >= 11 is 6.03. The van der Waals surface area contributed by atoms with Crippen molar-refractivity contribution in [3.8, 4) is 5.69 Å². The molecule has 6 nitrogen and oxygen atoms in total. The van der Waals surface area contributed by atoms with Crippen LogP contribution in [0.1, 0.15) is 35.4 Å². The second-order valence-electron chi connectivity index (χ2n) is 7.92. The van der Waals surface area contributed by atoms with Crippen molar-refractivity contribution in [3.63, 3.8) is 0 Å². The number of nitrogens with zero attached hydrogens (tertiary/aromatic N) is 3. The average molecular weight is 455 g/mol. The van der Waals surface area contributed by atoms with Crippen molar-refractivity contribution in [1.82, 2.24) is 15.1 Å². The van der Waals surface area contributed by atoms with Gasteiger partial charge < -0.3 is 10.2 Å². The normalized spacial score (nSPS) is 13.6. The first-order valence-corrected chi connectivity index (χ1v) is 10.9. The van der Waals surface area contributed by atoms with E-state index in [0.29, 0.717) is 12.0 Å². The maximum absolute atomic E-state index is 13.2. The topological polar surface area (TPSA) is 67.2 Å². The monoisotopic (exact) mass is 454 g/mol. The summed E-state index contributed by atoms with van der Waals surface area (Å²) in [6, 6.07) is 11.8. The smallest absolute Gasteiger partial charge is 0.227 e. The lowest BCUT2D eigenvalue weighted by Gasteiger charge is -2.16. The Morgan fingerprint density at radius 2 is 1.88 bits per heavy atom. The number of hydrogen-bond donors (Lipinski definition) is 1. The fraction of sp³-hybridized carbons (Fsp3) is 0.292. The summed E-state index contributed by atoms with van der Waals surface area (Å²) in [6.07, 6.45) is 1.66. The molecule has 1 aromatic heterocycles. The number of aromatic nitrogens is 2. The Bertz CT molecular complexity index is 1170. The highest BCUT2D eigenvalue weighted by Gasteiger charge is 2.22. The van der Waals surface area contributed by atoms with Crippen LogP contribution in [0.25, 0.3) is 5.69 Å². The molecule has 0 spiro atoms. The molecule has 2 aromatic carbocycles. The van der Waals surface area contributed by atoms with Crippen LogP contribution < -0.4 is 10.2 Å². The van der Waals surface area contributed by atoms with Gasteiger partial charge in [-0.1, -0.05) is 17.7 Å². The maximum atomic E-state index is 13.2. The Morgan fingerprint density at radius 3 is 2.53 bits per heavy atom. The van der Waals surface area contributed by atoms with Crippen molar-refractivity contribution < 1.29 is 14.0 Å². The Morgan fingerprint density at radius 1 is 1.16 bits per heavy atom. The second kappa shape index (κ2) is 9.12. The van der Waals surface area contributed by atoms with Crippen LogP contribution >= 0.6 is 11.6 Å². The molecule has 2 amide bonds. The van der Waals surface area contributed by atoms with Gasteiger partial charge in [0.15, 0.2) is 0 Å². The Labute approximate surface area is 191 Å². The lowest BCUT2D eigenvalue weighted by Crippen LogP contribution is -2.25. The Hall–Kier alpha value is -3.19. The maximum Gasteiger partial charge on any atom is 0.227 e. The molecule has 1 aliphatic heterocycles. The predicted molar refractivity (Wildman–Crippen MR) is 122 cm³/mol. The number of nitrogens with one attached hydrogen (secondary N) is 1. The molecule has 3 aromatic rings. The quantitative estimate of drug-likeness (QED) is 0.605. The number of carbonyl (C=O) groups excluding carboxylic acids is 2. The largest absolute Gasteiger partial charge is 0.352 e. The molecule has 0 atom stereocenters. The van der Waals surface area contributed by atoms with Gasteiger partial charge in [0, 0.05) is 41.5 Å². The van der Waals surface area contributed by atoms with Gasteiger partial charge in [0.05, 0.1) is 17.8 Å². The van der Waals surface area contributed by atoms with Crippen LogP contribution in [0.5, 0.6) is 0 Å². The van der Waals surface area contributed by atoms with Gasteiger partial charge in [0.1, 0.15) is 5.82 Å². The van der Waals surface area contributed by atoms with Crippen molar-refractivity contribution in [3.05, 3.63) is 75.8 Å². The van der Waals surface area contributed by atoms with Crippen molar-refractivity contribution >= 4 is 29.1 Å². The fourth-order valence-electron chi connectivity index (χ4n) is 3.96. The third-order valence-electron chi connectivity index (χ3n) is 5.75. The SMILES string of the molecule is Cc1nn(-c2ccc(N3CCCC3=O)cc2)c(C)c1CC(=O)NCc1ccc(F)cc1Cl. The van der Waals surface area contributed by atoms with Crippen molar-refractivity contribution in [1.29, 1.82) is 0 Å². The molecule has 0 bridgehead atoms. The van der Waals surface area contributed by atoms with Crippen LogP contribution in [0.4, 0.5) is 10.1 Å². The highest BCUT2D eigenvalue weighted by atomic mass is 35.5. The number of aryl methyl sites for hydroxylation is 1. The summed E-state index contributed by atoms with van der Waals surface area (Å²) in [5.41, 5.74) is 4.91. The molecule has 2 heterocycles. The molecule has 8 heteroatoms. The zero-order valence-corrected chi connectivity index (χ0v) is 18.7. The van der Waals surface area contributed by atoms with Crippen LogP contribution in [0.3, 0.4) is 0 Å². The molecule has 1 N–H and O–H groups in total. The lowest BCUT2D eigenvalue weighted by atomic mass is 10.1. The van der Waals surface area contributed by atoms with E-state index in [-0.39, 0.29) is 29.8 Å². The molecule has 0 radical (unpaired) electrons. The summed E-state index contributed by atoms with van der Waals surface area (Å²) in [5.74, 6) is -0.429. The van der Waals surface area contributed by atoms with Crippen LogP contribution in [0.15, 0.2) is 42.5 Å². The summed E-state index contributed by atoms with van der Waals surface area (Å²) in [5, 5.41) is 7.73. The number of halogens is 2. The van der Waals surface area contributed by atoms with Crippen LogP contribution in [0.2, 0.25) is 5.02 Å². The summed E-state index contributed by atoms with van der Waals surface area (Å²) < 4.78 is 15.0. The molecular formula is C24H24ClFN4O2. The molecule has 0 aliphatic carbocycles. The van der Waals surface area contributed by atoms with Gasteiger partial charge in [-0.25, -0.2) is 9.07 Å². The van der Waals surface area contributed by atoms with E-state index in [9.17, 15) is 14.0 Å². The van der Waals surface area contributed by atoms with Crippen molar-refractivity contribution in [2.75, 3.05) is 11.4 Å². The summed E-state index contributed by atoms with van der Waals surface area (Å²) in [6.45, 7) is 4.78. The van der Waals surface area contributed by atoms with Gasteiger partial charge in [-0.2, -0.15) is 5.10 Å². The van der Waals surface area contributed by atoms with E-state index in [1.807, 2.05) is 42.8 Å². The molecule has 1 saturated heterocycles. The highest BCUT2D eigenvalue weighted by Crippen LogP contribution is 2.24. The minimum atomic E-state index is -0.413. The van der Waals surface area contributed by atoms with E-state index in [1.165, 1.54) is 12.1 Å². The average Bonchev–Trinajstić information content (AvgIpc) is 3.31. The fourth-order valence-corrected chi connectivity index (χ4v) is 4.19.